The van der Waals surface area contributed by atoms with Crippen LogP contribution < -0.4 is 10.5 Å². The normalized spacial score (nSPS) is 30.3. The largest absolute Gasteiger partial charge is 0.691 e. The first kappa shape index (κ1) is 23.6. The third-order valence-corrected chi connectivity index (χ3v) is 4.77. The second kappa shape index (κ2) is 12.1. The molecule has 6 atom stereocenters. The first-order valence-corrected chi connectivity index (χ1v) is 8.96. The van der Waals surface area contributed by atoms with Gasteiger partial charge in [0.25, 0.3) is 0 Å². The summed E-state index contributed by atoms with van der Waals surface area (Å²) in [4.78, 5) is 11.9. The minimum Gasteiger partial charge on any atom is -0.691 e. The molecular formula is C11H18O13S2-2. The SMILES string of the molecule is CC(C)CC(=O)OC1[C@@H](OSOO[O-])[C@H](S(=O)OO[O-])[C@H](CO)O[C@@H]1O. The summed E-state index contributed by atoms with van der Waals surface area (Å²) in [5, 5.41) is 44.1. The van der Waals surface area contributed by atoms with Crippen LogP contribution in [0, 0.1) is 5.92 Å². The van der Waals surface area contributed by atoms with Crippen molar-refractivity contribution in [2.45, 2.75) is 50.1 Å². The topological polar surface area (TPSA) is 185 Å². The van der Waals surface area contributed by atoms with Crippen molar-refractivity contribution in [1.29, 1.82) is 0 Å². The molecule has 1 heterocycles. The van der Waals surface area contributed by atoms with Crippen LogP contribution in [-0.4, -0.2) is 56.9 Å². The number of ether oxygens (including phenoxy) is 2. The number of carbonyl (C=O) groups is 1. The standard InChI is InChI=1S/C11H20O13S2/c1-5(2)3-7(13)19-9-8(20-25-23-21-15)10(26(17)24-22-16)6(4-12)18-11(9)14/h5-6,8-12,14-16H,3-4H2,1-2H3/p-2/t6-,8+,9?,10+,11-,26?/m0/s1. The molecular weight excluding hydrogens is 404 g/mol. The molecule has 15 heteroatoms. The van der Waals surface area contributed by atoms with Crippen molar-refractivity contribution in [3.63, 3.8) is 0 Å². The van der Waals surface area contributed by atoms with Gasteiger partial charge in [-0.3, -0.25) is 19.1 Å². The summed E-state index contributed by atoms with van der Waals surface area (Å²) >= 11 is -2.59. The fraction of sp³-hybridized carbons (Fsp3) is 0.909. The van der Waals surface area contributed by atoms with E-state index in [0.717, 1.165) is 0 Å². The van der Waals surface area contributed by atoms with E-state index in [1.165, 1.54) is 0 Å². The molecule has 2 N–H and O–H groups in total. The van der Waals surface area contributed by atoms with Gasteiger partial charge < -0.3 is 30.2 Å². The number of hydrogen-bond acceptors (Lipinski definition) is 14. The summed E-state index contributed by atoms with van der Waals surface area (Å²) in [6.45, 7) is 2.72. The van der Waals surface area contributed by atoms with Crippen LogP contribution in [-0.2, 0) is 48.3 Å². The van der Waals surface area contributed by atoms with Crippen molar-refractivity contribution in [3.8, 4) is 0 Å². The number of esters is 1. The molecule has 1 saturated heterocycles. The lowest BCUT2D eigenvalue weighted by atomic mass is 10.0. The fourth-order valence-corrected chi connectivity index (χ4v) is 3.61. The third kappa shape index (κ3) is 6.95. The van der Waals surface area contributed by atoms with Crippen LogP contribution >= 0.6 is 12.3 Å². The molecule has 26 heavy (non-hydrogen) atoms. The van der Waals surface area contributed by atoms with Crippen LogP contribution in [0.15, 0.2) is 0 Å². The third-order valence-electron chi connectivity index (χ3n) is 3.15. The number of aliphatic hydroxyl groups excluding tert-OH is 2. The lowest BCUT2D eigenvalue weighted by Gasteiger charge is -2.41. The molecule has 1 fully saturated rings. The Morgan fingerprint density at radius 1 is 1.31 bits per heavy atom. The summed E-state index contributed by atoms with van der Waals surface area (Å²) in [7, 11) is 0. The molecule has 1 rings (SSSR count). The van der Waals surface area contributed by atoms with Crippen LogP contribution in [0.25, 0.3) is 0 Å². The predicted octanol–water partition coefficient (Wildman–Crippen LogP) is -2.92. The molecule has 0 bridgehead atoms. The van der Waals surface area contributed by atoms with E-state index >= 15 is 0 Å². The summed E-state index contributed by atoms with van der Waals surface area (Å²) in [6.07, 6.45) is -6.23. The van der Waals surface area contributed by atoms with Crippen molar-refractivity contribution in [1.82, 2.24) is 0 Å². The molecule has 0 aromatic heterocycles. The fourth-order valence-electron chi connectivity index (χ4n) is 2.19. The van der Waals surface area contributed by atoms with Crippen molar-refractivity contribution in [2.75, 3.05) is 6.61 Å². The summed E-state index contributed by atoms with van der Waals surface area (Å²) < 4.78 is 35.1. The highest BCUT2D eigenvalue weighted by molar-refractivity contribution is 7.89. The van der Waals surface area contributed by atoms with Gasteiger partial charge in [0.1, 0.15) is 17.5 Å². The summed E-state index contributed by atoms with van der Waals surface area (Å²) in [5.74, 6) is -0.803. The minimum absolute atomic E-state index is 0.0133. The number of rotatable bonds is 11. The Hall–Kier alpha value is -0.430. The second-order valence-corrected chi connectivity index (χ2v) is 7.09. The number of carbonyl (C=O) groups excluding carboxylic acids is 1. The number of aliphatic hydroxyl groups is 2. The van der Waals surface area contributed by atoms with Crippen LogP contribution in [0.1, 0.15) is 20.3 Å². The highest BCUT2D eigenvalue weighted by Crippen LogP contribution is 2.31. The molecule has 154 valence electrons. The minimum atomic E-state index is -2.57. The molecule has 1 aliphatic rings. The van der Waals surface area contributed by atoms with Crippen molar-refractivity contribution < 1.29 is 62.1 Å². The van der Waals surface area contributed by atoms with Crippen molar-refractivity contribution >= 4 is 29.4 Å². The zero-order valence-electron chi connectivity index (χ0n) is 13.6. The molecule has 0 radical (unpaired) electrons. The lowest BCUT2D eigenvalue weighted by molar-refractivity contribution is -0.778. The zero-order valence-corrected chi connectivity index (χ0v) is 15.2. The van der Waals surface area contributed by atoms with Gasteiger partial charge in [0.2, 0.25) is 0 Å². The van der Waals surface area contributed by atoms with E-state index in [1.54, 1.807) is 13.8 Å². The Labute approximate surface area is 154 Å². The Morgan fingerprint density at radius 3 is 2.54 bits per heavy atom. The Morgan fingerprint density at radius 2 is 2.00 bits per heavy atom. The Balaban J connectivity index is 3.04. The molecule has 0 spiro atoms. The van der Waals surface area contributed by atoms with Gasteiger partial charge in [0.15, 0.2) is 35.8 Å². The monoisotopic (exact) mass is 422 g/mol. The van der Waals surface area contributed by atoms with E-state index < -0.39 is 53.5 Å². The van der Waals surface area contributed by atoms with Gasteiger partial charge in [-0.05, 0) is 5.92 Å². The Bertz CT molecular complexity index is 450. The molecule has 13 nitrogen and oxygen atoms in total. The Kier molecular flexibility index (Phi) is 11.0. The number of hydrogen-bond donors (Lipinski definition) is 2. The van der Waals surface area contributed by atoms with Crippen LogP contribution in [0.5, 0.6) is 0 Å². The zero-order chi connectivity index (χ0) is 19.7. The van der Waals surface area contributed by atoms with Gasteiger partial charge in [-0.1, -0.05) is 13.8 Å². The molecule has 0 aromatic carbocycles. The van der Waals surface area contributed by atoms with Crippen LogP contribution in [0.2, 0.25) is 0 Å². The maximum Gasteiger partial charge on any atom is 0.306 e. The molecule has 0 aliphatic carbocycles. The maximum atomic E-state index is 12.1. The van der Waals surface area contributed by atoms with Crippen molar-refractivity contribution in [2.24, 2.45) is 5.92 Å². The van der Waals surface area contributed by atoms with Gasteiger partial charge >= 0.3 is 5.97 Å². The molecule has 1 aliphatic heterocycles. The van der Waals surface area contributed by atoms with Gasteiger partial charge in [-0.15, -0.1) is 8.67 Å². The van der Waals surface area contributed by atoms with Gasteiger partial charge in [-0.2, -0.15) is 0 Å². The quantitative estimate of drug-likeness (QED) is 0.113. The summed E-state index contributed by atoms with van der Waals surface area (Å²) in [5.41, 5.74) is 0. The average molecular weight is 422 g/mol. The molecule has 0 aromatic rings. The van der Waals surface area contributed by atoms with Gasteiger partial charge in [-0.25, -0.2) is 4.21 Å². The van der Waals surface area contributed by atoms with Gasteiger partial charge in [0, 0.05) is 6.42 Å². The second-order valence-electron chi connectivity index (χ2n) is 5.43. The average Bonchev–Trinajstić information content (AvgIpc) is 2.56. The van der Waals surface area contributed by atoms with Gasteiger partial charge in [0.05, 0.1) is 6.61 Å². The van der Waals surface area contributed by atoms with E-state index in [0.29, 0.717) is 0 Å². The predicted molar refractivity (Wildman–Crippen MR) is 76.0 cm³/mol. The molecule has 2 unspecified atom stereocenters. The lowest BCUT2D eigenvalue weighted by Crippen LogP contribution is -2.61. The van der Waals surface area contributed by atoms with E-state index in [9.17, 15) is 29.7 Å². The smallest absolute Gasteiger partial charge is 0.306 e. The highest BCUT2D eigenvalue weighted by atomic mass is 32.2. The van der Waals surface area contributed by atoms with E-state index in [4.69, 9.17) is 13.7 Å². The molecule has 0 saturated carbocycles. The van der Waals surface area contributed by atoms with Crippen LogP contribution in [0.4, 0.5) is 0 Å². The highest BCUT2D eigenvalue weighted by Gasteiger charge is 2.52. The summed E-state index contributed by atoms with van der Waals surface area (Å²) in [6, 6.07) is 0. The molecule has 0 amide bonds. The van der Waals surface area contributed by atoms with E-state index in [-0.39, 0.29) is 24.7 Å². The van der Waals surface area contributed by atoms with E-state index in [2.05, 4.69) is 18.7 Å². The van der Waals surface area contributed by atoms with Crippen molar-refractivity contribution in [3.05, 3.63) is 0 Å². The first-order valence-electron chi connectivity index (χ1n) is 7.15. The first-order chi connectivity index (χ1) is 12.3. The maximum absolute atomic E-state index is 12.1. The van der Waals surface area contributed by atoms with Crippen LogP contribution in [0.3, 0.4) is 0 Å². The van der Waals surface area contributed by atoms with E-state index in [1.807, 2.05) is 0 Å².